The second kappa shape index (κ2) is 9.26. The number of aromatic nitrogens is 1. The minimum atomic E-state index is -0.144. The number of carbonyl (C=O) groups excluding carboxylic acids is 1. The topological polar surface area (TPSA) is 61.1 Å². The summed E-state index contributed by atoms with van der Waals surface area (Å²) < 4.78 is 2.78. The van der Waals surface area contributed by atoms with E-state index in [4.69, 9.17) is 12.2 Å². The van der Waals surface area contributed by atoms with Crippen LogP contribution in [-0.4, -0.2) is 38.5 Å². The maximum atomic E-state index is 12.6. The van der Waals surface area contributed by atoms with Gasteiger partial charge >= 0.3 is 0 Å². The molecule has 1 amide bonds. The van der Waals surface area contributed by atoms with Crippen LogP contribution in [0.2, 0.25) is 0 Å². The Hall–Kier alpha value is -2.30. The second-order valence-electron chi connectivity index (χ2n) is 6.91. The summed E-state index contributed by atoms with van der Waals surface area (Å²) in [6.07, 6.45) is 2.31. The monoisotopic (exact) mass is 412 g/mol. The minimum Gasteiger partial charge on any atom is -0.358 e. The van der Waals surface area contributed by atoms with Crippen molar-refractivity contribution in [3.63, 3.8) is 0 Å². The van der Waals surface area contributed by atoms with Crippen molar-refractivity contribution in [1.82, 2.24) is 9.47 Å². The predicted molar refractivity (Wildman–Crippen MR) is 119 cm³/mol. The van der Waals surface area contributed by atoms with Gasteiger partial charge in [0.2, 0.25) is 5.91 Å². The van der Waals surface area contributed by atoms with Gasteiger partial charge in [-0.1, -0.05) is 54.3 Å². The van der Waals surface area contributed by atoms with Crippen LogP contribution in [0.15, 0.2) is 30.3 Å². The number of carbonyl (C=O) groups is 1. The Morgan fingerprint density at radius 1 is 1.25 bits per heavy atom. The Labute approximate surface area is 175 Å². The third-order valence-electron chi connectivity index (χ3n) is 5.07. The van der Waals surface area contributed by atoms with Gasteiger partial charge in [-0.05, 0) is 37.8 Å². The van der Waals surface area contributed by atoms with Gasteiger partial charge in [-0.15, -0.1) is 0 Å². The number of thiocarbonyl (C=S) groups is 1. The lowest BCUT2D eigenvalue weighted by Crippen LogP contribution is -2.26. The van der Waals surface area contributed by atoms with Crippen LogP contribution in [0.4, 0.5) is 5.82 Å². The molecule has 0 bridgehead atoms. The fourth-order valence-electron chi connectivity index (χ4n) is 3.38. The van der Waals surface area contributed by atoms with E-state index in [0.717, 1.165) is 47.1 Å². The molecule has 1 N–H and O–H groups in total. The molecule has 1 aromatic heterocycles. The van der Waals surface area contributed by atoms with Crippen molar-refractivity contribution in [2.24, 2.45) is 0 Å². The number of thioether (sulfide) groups is 1. The number of benzene rings is 1. The van der Waals surface area contributed by atoms with Crippen molar-refractivity contribution in [3.05, 3.63) is 52.7 Å². The van der Waals surface area contributed by atoms with E-state index in [9.17, 15) is 10.1 Å². The molecule has 0 saturated carbocycles. The number of rotatable bonds is 5. The van der Waals surface area contributed by atoms with E-state index >= 15 is 0 Å². The number of amides is 1. The molecule has 0 aliphatic carbocycles. The highest BCUT2D eigenvalue weighted by atomic mass is 32.2. The van der Waals surface area contributed by atoms with Crippen LogP contribution < -0.4 is 5.32 Å². The van der Waals surface area contributed by atoms with E-state index in [1.165, 1.54) is 11.8 Å². The Morgan fingerprint density at radius 2 is 1.93 bits per heavy atom. The summed E-state index contributed by atoms with van der Waals surface area (Å²) in [6, 6.07) is 12.3. The molecule has 7 heteroatoms. The van der Waals surface area contributed by atoms with Gasteiger partial charge in [-0.25, -0.2) is 0 Å². The van der Waals surface area contributed by atoms with Gasteiger partial charge in [-0.3, -0.25) is 4.79 Å². The molecule has 146 valence electrons. The largest absolute Gasteiger partial charge is 0.358 e. The number of nitriles is 1. The SMILES string of the molecule is Cc1c(C#N)c(NC(=O)CSC(=S)N2CCCC2)n(Cc2ccccc2)c1C. The average molecular weight is 413 g/mol. The first-order chi connectivity index (χ1) is 13.5. The zero-order chi connectivity index (χ0) is 20.1. The quantitative estimate of drug-likeness (QED) is 0.750. The number of nitrogens with zero attached hydrogens (tertiary/aromatic N) is 3. The van der Waals surface area contributed by atoms with E-state index in [1.54, 1.807) is 0 Å². The maximum Gasteiger partial charge on any atom is 0.235 e. The van der Waals surface area contributed by atoms with Crippen LogP contribution in [0.5, 0.6) is 0 Å². The summed E-state index contributed by atoms with van der Waals surface area (Å²) in [5, 5.41) is 12.6. The van der Waals surface area contributed by atoms with Gasteiger partial charge in [0, 0.05) is 25.3 Å². The van der Waals surface area contributed by atoms with E-state index in [0.29, 0.717) is 17.9 Å². The number of hydrogen-bond acceptors (Lipinski definition) is 4. The molecule has 28 heavy (non-hydrogen) atoms. The molecule has 2 heterocycles. The molecule has 1 fully saturated rings. The van der Waals surface area contributed by atoms with Crippen molar-refractivity contribution in [2.45, 2.75) is 33.2 Å². The molecule has 0 atom stereocenters. The summed E-state index contributed by atoms with van der Waals surface area (Å²) in [4.78, 5) is 14.7. The fourth-order valence-corrected chi connectivity index (χ4v) is 4.43. The van der Waals surface area contributed by atoms with Crippen molar-refractivity contribution < 1.29 is 4.79 Å². The molecule has 2 aromatic rings. The Balaban J connectivity index is 1.74. The summed E-state index contributed by atoms with van der Waals surface area (Å²) in [6.45, 7) is 6.45. The molecular weight excluding hydrogens is 388 g/mol. The normalized spacial score (nSPS) is 13.4. The predicted octanol–water partition coefficient (Wildman–Crippen LogP) is 4.08. The molecule has 1 saturated heterocycles. The molecule has 1 aliphatic rings. The van der Waals surface area contributed by atoms with Gasteiger partial charge in [0.15, 0.2) is 0 Å². The Morgan fingerprint density at radius 3 is 2.57 bits per heavy atom. The molecule has 1 aromatic carbocycles. The third kappa shape index (κ3) is 4.57. The van der Waals surface area contributed by atoms with Crippen LogP contribution in [-0.2, 0) is 11.3 Å². The number of anilines is 1. The molecular formula is C21H24N4OS2. The summed E-state index contributed by atoms with van der Waals surface area (Å²) >= 11 is 6.82. The Bertz CT molecular complexity index is 909. The van der Waals surface area contributed by atoms with E-state index in [1.807, 2.05) is 48.7 Å². The molecule has 3 rings (SSSR count). The summed E-state index contributed by atoms with van der Waals surface area (Å²) in [7, 11) is 0. The zero-order valence-corrected chi connectivity index (χ0v) is 17.8. The van der Waals surface area contributed by atoms with Gasteiger partial charge in [0.05, 0.1) is 11.3 Å². The van der Waals surface area contributed by atoms with Crippen molar-refractivity contribution in [2.75, 3.05) is 24.2 Å². The molecule has 5 nitrogen and oxygen atoms in total. The number of hydrogen-bond donors (Lipinski definition) is 1. The molecule has 0 unspecified atom stereocenters. The highest BCUT2D eigenvalue weighted by molar-refractivity contribution is 8.23. The van der Waals surface area contributed by atoms with E-state index < -0.39 is 0 Å². The van der Waals surface area contributed by atoms with Crippen LogP contribution in [0, 0.1) is 25.2 Å². The fraction of sp³-hybridized carbons (Fsp3) is 0.381. The van der Waals surface area contributed by atoms with Crippen LogP contribution >= 0.6 is 24.0 Å². The van der Waals surface area contributed by atoms with Gasteiger partial charge in [0.1, 0.15) is 16.2 Å². The van der Waals surface area contributed by atoms with Crippen molar-refractivity contribution in [1.29, 1.82) is 5.26 Å². The average Bonchev–Trinajstić information content (AvgIpc) is 3.31. The lowest BCUT2D eigenvalue weighted by Gasteiger charge is -2.17. The molecule has 0 spiro atoms. The smallest absolute Gasteiger partial charge is 0.235 e. The summed E-state index contributed by atoms with van der Waals surface area (Å²) in [5.74, 6) is 0.670. The van der Waals surface area contributed by atoms with Gasteiger partial charge < -0.3 is 14.8 Å². The van der Waals surface area contributed by atoms with Crippen LogP contribution in [0.1, 0.15) is 35.2 Å². The highest BCUT2D eigenvalue weighted by Crippen LogP contribution is 2.27. The maximum absolute atomic E-state index is 12.6. The first-order valence-corrected chi connectivity index (χ1v) is 10.8. The van der Waals surface area contributed by atoms with E-state index in [-0.39, 0.29) is 11.7 Å². The second-order valence-corrected chi connectivity index (χ2v) is 8.52. The minimum absolute atomic E-state index is 0.144. The molecule has 1 aliphatic heterocycles. The zero-order valence-electron chi connectivity index (χ0n) is 16.2. The lowest BCUT2D eigenvalue weighted by atomic mass is 10.2. The van der Waals surface area contributed by atoms with Crippen molar-refractivity contribution in [3.8, 4) is 6.07 Å². The van der Waals surface area contributed by atoms with E-state index in [2.05, 4.69) is 16.3 Å². The number of nitrogens with one attached hydrogen (secondary N) is 1. The van der Waals surface area contributed by atoms with Crippen molar-refractivity contribution >= 4 is 40.0 Å². The van der Waals surface area contributed by atoms with Gasteiger partial charge in [0.25, 0.3) is 0 Å². The first kappa shape index (κ1) is 20.4. The van der Waals surface area contributed by atoms with Gasteiger partial charge in [-0.2, -0.15) is 5.26 Å². The lowest BCUT2D eigenvalue weighted by molar-refractivity contribution is -0.113. The van der Waals surface area contributed by atoms with Crippen LogP contribution in [0.3, 0.4) is 0 Å². The van der Waals surface area contributed by atoms with Crippen LogP contribution in [0.25, 0.3) is 0 Å². The standard InChI is InChI=1S/C21H24N4OS2/c1-15-16(2)25(13-17-8-4-3-5-9-17)20(18(15)12-22)23-19(26)14-28-21(27)24-10-6-7-11-24/h3-5,8-9H,6-7,10-11,13-14H2,1-2H3,(H,23,26). The third-order valence-corrected chi connectivity index (χ3v) is 6.60. The highest BCUT2D eigenvalue weighted by Gasteiger charge is 2.21. The number of likely N-dealkylation sites (tertiary alicyclic amines) is 1. The first-order valence-electron chi connectivity index (χ1n) is 9.36. The molecule has 0 radical (unpaired) electrons. The summed E-state index contributed by atoms with van der Waals surface area (Å²) in [5.41, 5.74) is 3.52. The Kier molecular flexibility index (Phi) is 6.76.